The normalized spacial score (nSPS) is 20.0. The highest BCUT2D eigenvalue weighted by Crippen LogP contribution is 2.22. The number of nitrogens with zero attached hydrogens (tertiary/aromatic N) is 1. The Bertz CT molecular complexity index is 847. The summed E-state index contributed by atoms with van der Waals surface area (Å²) in [5, 5.41) is 8.35. The Morgan fingerprint density at radius 3 is 2.66 bits per heavy atom. The molecule has 0 saturated heterocycles. The third kappa shape index (κ3) is 6.81. The number of carbonyl (C=O) groups is 2. The minimum Gasteiger partial charge on any atom is -0.484 e. The van der Waals surface area contributed by atoms with E-state index in [0.717, 1.165) is 0 Å². The molecule has 1 aromatic rings. The number of hydrogen-bond donors (Lipinski definition) is 3. The van der Waals surface area contributed by atoms with Crippen LogP contribution >= 0.6 is 0 Å². The highest BCUT2D eigenvalue weighted by Gasteiger charge is 2.30. The molecule has 0 aliphatic carbocycles. The second kappa shape index (κ2) is 8.54. The lowest BCUT2D eigenvalue weighted by molar-refractivity contribution is -0.153. The van der Waals surface area contributed by atoms with Crippen LogP contribution in [0.2, 0.25) is 0 Å². The fraction of sp³-hybridized carbons (Fsp3) is 0.421. The number of alkyl halides is 3. The average Bonchev–Trinajstić information content (AvgIpc) is 2.57. The van der Waals surface area contributed by atoms with Crippen molar-refractivity contribution in [3.8, 4) is 5.75 Å². The maximum absolute atomic E-state index is 12.6. The van der Waals surface area contributed by atoms with Gasteiger partial charge in [-0.25, -0.2) is 4.99 Å². The monoisotopic (exact) mass is 412 g/mol. The summed E-state index contributed by atoms with van der Waals surface area (Å²) >= 11 is 0. The molecule has 2 atom stereocenters. The molecular formula is C19H23F3N4O3. The predicted molar refractivity (Wildman–Crippen MR) is 101 cm³/mol. The molecule has 1 heterocycles. The molecular weight excluding hydrogens is 389 g/mol. The zero-order valence-corrected chi connectivity index (χ0v) is 16.5. The number of aliphatic imine (C=N–C) groups is 1. The summed E-state index contributed by atoms with van der Waals surface area (Å²) in [7, 11) is 0. The van der Waals surface area contributed by atoms with Gasteiger partial charge in [0, 0.05) is 12.6 Å². The van der Waals surface area contributed by atoms with Crippen LogP contribution in [0.1, 0.15) is 39.3 Å². The van der Waals surface area contributed by atoms with Crippen LogP contribution in [0.3, 0.4) is 0 Å². The van der Waals surface area contributed by atoms with Gasteiger partial charge in [-0.3, -0.25) is 9.59 Å². The highest BCUT2D eigenvalue weighted by molar-refractivity contribution is 6.43. The lowest BCUT2D eigenvalue weighted by atomic mass is 10.1. The second-order valence-corrected chi connectivity index (χ2v) is 6.87. The van der Waals surface area contributed by atoms with Crippen LogP contribution in [0.4, 0.5) is 13.2 Å². The highest BCUT2D eigenvalue weighted by atomic mass is 19.4. The molecule has 0 saturated carbocycles. The van der Waals surface area contributed by atoms with Gasteiger partial charge in [0.25, 0.3) is 5.91 Å². The van der Waals surface area contributed by atoms with E-state index in [1.165, 1.54) is 25.1 Å². The molecule has 3 N–H and O–H groups in total. The number of carbonyl (C=O) groups excluding carboxylic acids is 2. The lowest BCUT2D eigenvalue weighted by Gasteiger charge is -2.32. The Morgan fingerprint density at radius 1 is 1.34 bits per heavy atom. The minimum absolute atomic E-state index is 0.0501. The van der Waals surface area contributed by atoms with Gasteiger partial charge in [-0.2, -0.15) is 13.2 Å². The van der Waals surface area contributed by atoms with E-state index in [4.69, 9.17) is 4.74 Å². The van der Waals surface area contributed by atoms with E-state index >= 15 is 0 Å². The molecule has 158 valence electrons. The Labute approximate surface area is 166 Å². The maximum atomic E-state index is 12.6. The SMILES string of the molecule is CC(=O)NC1(C)N=C(C(=O)NC(C)c2cccc(OCC(F)(F)F)c2)C=C(C)N1. The first-order valence-corrected chi connectivity index (χ1v) is 8.82. The van der Waals surface area contributed by atoms with Gasteiger partial charge in [0.2, 0.25) is 11.7 Å². The largest absolute Gasteiger partial charge is 0.484 e. The molecule has 29 heavy (non-hydrogen) atoms. The standard InChI is InChI=1S/C19H23F3N4O3/c1-11-8-16(26-18(4,24-11)25-13(3)27)17(28)23-12(2)14-6-5-7-15(9-14)29-10-19(20,21)22/h5-9,12,24H,10H2,1-4H3,(H,23,28)(H,25,27). The number of nitrogens with one attached hydrogen (secondary N) is 3. The van der Waals surface area contributed by atoms with Gasteiger partial charge in [-0.05, 0) is 44.5 Å². The summed E-state index contributed by atoms with van der Waals surface area (Å²) in [5.74, 6) is -1.92. The van der Waals surface area contributed by atoms with Crippen LogP contribution in [0, 0.1) is 0 Å². The van der Waals surface area contributed by atoms with Crippen molar-refractivity contribution >= 4 is 17.5 Å². The molecule has 0 fully saturated rings. The minimum atomic E-state index is -4.44. The number of rotatable bonds is 6. The average molecular weight is 412 g/mol. The number of ether oxygens (including phenoxy) is 1. The number of hydrogen-bond acceptors (Lipinski definition) is 5. The number of allylic oxidation sites excluding steroid dienone is 1. The van der Waals surface area contributed by atoms with Crippen molar-refractivity contribution in [2.45, 2.75) is 45.7 Å². The summed E-state index contributed by atoms with van der Waals surface area (Å²) in [5.41, 5.74) is 1.31. The molecule has 7 nitrogen and oxygen atoms in total. The predicted octanol–water partition coefficient (Wildman–Crippen LogP) is 2.56. The summed E-state index contributed by atoms with van der Waals surface area (Å²) in [6.07, 6.45) is -2.90. The smallest absolute Gasteiger partial charge is 0.422 e. The Kier molecular flexibility index (Phi) is 6.55. The van der Waals surface area contributed by atoms with Crippen LogP contribution in [0.15, 0.2) is 41.0 Å². The van der Waals surface area contributed by atoms with Gasteiger partial charge in [-0.15, -0.1) is 0 Å². The van der Waals surface area contributed by atoms with Crippen molar-refractivity contribution in [3.05, 3.63) is 41.6 Å². The van der Waals surface area contributed by atoms with Gasteiger partial charge < -0.3 is 20.7 Å². The molecule has 0 bridgehead atoms. The van der Waals surface area contributed by atoms with E-state index in [9.17, 15) is 22.8 Å². The van der Waals surface area contributed by atoms with Crippen molar-refractivity contribution in [2.24, 2.45) is 4.99 Å². The number of amides is 2. The van der Waals surface area contributed by atoms with E-state index in [-0.39, 0.29) is 17.4 Å². The molecule has 0 aromatic heterocycles. The first kappa shape index (κ1) is 22.3. The Morgan fingerprint density at radius 2 is 2.03 bits per heavy atom. The summed E-state index contributed by atoms with van der Waals surface area (Å²) < 4.78 is 41.7. The summed E-state index contributed by atoms with van der Waals surface area (Å²) in [4.78, 5) is 28.3. The Balaban J connectivity index is 2.11. The van der Waals surface area contributed by atoms with E-state index in [2.05, 4.69) is 20.9 Å². The van der Waals surface area contributed by atoms with Gasteiger partial charge in [-0.1, -0.05) is 12.1 Å². The molecule has 2 unspecified atom stereocenters. The van der Waals surface area contributed by atoms with Crippen LogP contribution in [0.5, 0.6) is 5.75 Å². The van der Waals surface area contributed by atoms with E-state index in [0.29, 0.717) is 11.3 Å². The van der Waals surface area contributed by atoms with Gasteiger partial charge in [0.05, 0.1) is 6.04 Å². The van der Waals surface area contributed by atoms with Crippen LogP contribution in [-0.2, 0) is 9.59 Å². The number of benzene rings is 1. The van der Waals surface area contributed by atoms with Gasteiger partial charge in [0.1, 0.15) is 11.5 Å². The molecule has 2 amide bonds. The Hall–Kier alpha value is -3.04. The molecule has 1 aliphatic heterocycles. The van der Waals surface area contributed by atoms with Crippen molar-refractivity contribution in [2.75, 3.05) is 6.61 Å². The third-order valence-corrected chi connectivity index (χ3v) is 3.90. The van der Waals surface area contributed by atoms with Crippen molar-refractivity contribution in [3.63, 3.8) is 0 Å². The fourth-order valence-electron chi connectivity index (χ4n) is 2.84. The van der Waals surface area contributed by atoms with Crippen LogP contribution in [0.25, 0.3) is 0 Å². The molecule has 0 spiro atoms. The molecule has 2 rings (SSSR count). The third-order valence-electron chi connectivity index (χ3n) is 3.90. The van der Waals surface area contributed by atoms with E-state index < -0.39 is 30.5 Å². The first-order valence-electron chi connectivity index (χ1n) is 8.82. The van der Waals surface area contributed by atoms with Crippen molar-refractivity contribution < 1.29 is 27.5 Å². The molecule has 0 radical (unpaired) electrons. The van der Waals surface area contributed by atoms with Crippen LogP contribution < -0.4 is 20.7 Å². The van der Waals surface area contributed by atoms with Crippen LogP contribution in [-0.4, -0.2) is 36.1 Å². The fourth-order valence-corrected chi connectivity index (χ4v) is 2.84. The summed E-state index contributed by atoms with van der Waals surface area (Å²) in [6, 6.07) is 5.53. The zero-order chi connectivity index (χ0) is 21.8. The topological polar surface area (TPSA) is 91.8 Å². The maximum Gasteiger partial charge on any atom is 0.422 e. The van der Waals surface area contributed by atoms with Crippen molar-refractivity contribution in [1.82, 2.24) is 16.0 Å². The number of halogens is 3. The summed E-state index contributed by atoms with van der Waals surface area (Å²) in [6.45, 7) is 4.97. The lowest BCUT2D eigenvalue weighted by Crippen LogP contribution is -2.56. The second-order valence-electron chi connectivity index (χ2n) is 6.87. The molecule has 10 heteroatoms. The van der Waals surface area contributed by atoms with Gasteiger partial charge in [0.15, 0.2) is 6.61 Å². The van der Waals surface area contributed by atoms with Gasteiger partial charge >= 0.3 is 6.18 Å². The molecule has 1 aromatic carbocycles. The van der Waals surface area contributed by atoms with Crippen molar-refractivity contribution in [1.29, 1.82) is 0 Å². The zero-order valence-electron chi connectivity index (χ0n) is 16.5. The first-order chi connectivity index (χ1) is 13.4. The van der Waals surface area contributed by atoms with E-state index in [1.54, 1.807) is 32.9 Å². The van der Waals surface area contributed by atoms with E-state index in [1.807, 2.05) is 0 Å². The molecule has 1 aliphatic rings. The quantitative estimate of drug-likeness (QED) is 0.670.